The molecule has 0 aromatic carbocycles. The van der Waals surface area contributed by atoms with E-state index in [0.717, 1.165) is 6.20 Å². The normalized spacial score (nSPS) is 11.4. The first-order chi connectivity index (χ1) is 5.11. The van der Waals surface area contributed by atoms with Gasteiger partial charge in [-0.15, -0.1) is 11.8 Å². The summed E-state index contributed by atoms with van der Waals surface area (Å²) in [5.41, 5.74) is 0. The van der Waals surface area contributed by atoms with Crippen LogP contribution in [0.3, 0.4) is 0 Å². The highest BCUT2D eigenvalue weighted by Gasteiger charge is 2.05. The van der Waals surface area contributed by atoms with Gasteiger partial charge in [0.2, 0.25) is 0 Å². The molecule has 0 saturated heterocycles. The molecule has 0 saturated carbocycles. The summed E-state index contributed by atoms with van der Waals surface area (Å²) in [7, 11) is 3.05. The van der Waals surface area contributed by atoms with E-state index >= 15 is 0 Å². The largest absolute Gasteiger partial charge is 0.276 e. The predicted molar refractivity (Wildman–Crippen MR) is 43.4 cm³/mol. The van der Waals surface area contributed by atoms with E-state index in [9.17, 15) is 10.1 Å². The van der Waals surface area contributed by atoms with Crippen molar-refractivity contribution in [1.82, 2.24) is 5.06 Å². The SMILES string of the molecule is CON(C)C(=C[N+](=O)[O-])SC. The second kappa shape index (κ2) is 4.97. The second-order valence-electron chi connectivity index (χ2n) is 1.64. The first-order valence-corrected chi connectivity index (χ1v) is 4.01. The minimum atomic E-state index is -0.513. The smallest absolute Gasteiger partial charge is 0.266 e. The van der Waals surface area contributed by atoms with E-state index in [-0.39, 0.29) is 0 Å². The van der Waals surface area contributed by atoms with Crippen LogP contribution in [0.1, 0.15) is 0 Å². The van der Waals surface area contributed by atoms with Gasteiger partial charge in [0.15, 0.2) is 5.03 Å². The van der Waals surface area contributed by atoms with Crippen molar-refractivity contribution in [3.8, 4) is 0 Å². The second-order valence-corrected chi connectivity index (χ2v) is 2.46. The van der Waals surface area contributed by atoms with Gasteiger partial charge in [0.05, 0.1) is 12.0 Å². The third-order valence-electron chi connectivity index (χ3n) is 1.01. The summed E-state index contributed by atoms with van der Waals surface area (Å²) in [6.07, 6.45) is 2.64. The summed E-state index contributed by atoms with van der Waals surface area (Å²) in [5, 5.41) is 11.8. The van der Waals surface area contributed by atoms with Crippen molar-refractivity contribution < 1.29 is 9.76 Å². The Balaban J connectivity index is 4.26. The fourth-order valence-electron chi connectivity index (χ4n) is 0.443. The van der Waals surface area contributed by atoms with Gasteiger partial charge in [-0.3, -0.25) is 15.0 Å². The fraction of sp³-hybridized carbons (Fsp3) is 0.600. The molecule has 0 N–H and O–H groups in total. The van der Waals surface area contributed by atoms with Crippen LogP contribution < -0.4 is 0 Å². The van der Waals surface area contributed by atoms with E-state index in [0.29, 0.717) is 5.03 Å². The number of hydroxylamine groups is 2. The summed E-state index contributed by atoms with van der Waals surface area (Å²) in [6, 6.07) is 0. The number of rotatable bonds is 4. The quantitative estimate of drug-likeness (QED) is 0.473. The summed E-state index contributed by atoms with van der Waals surface area (Å²) in [6.45, 7) is 0. The Hall–Kier alpha value is -0.750. The Labute approximate surface area is 69.1 Å². The van der Waals surface area contributed by atoms with E-state index in [4.69, 9.17) is 4.84 Å². The molecule has 11 heavy (non-hydrogen) atoms. The number of nitro groups is 1. The summed E-state index contributed by atoms with van der Waals surface area (Å²) in [4.78, 5) is 14.3. The van der Waals surface area contributed by atoms with Crippen LogP contribution in [0.15, 0.2) is 11.2 Å². The van der Waals surface area contributed by atoms with Gasteiger partial charge in [-0.25, -0.2) is 5.06 Å². The Bertz CT molecular complexity index is 171. The number of hydrogen-bond donors (Lipinski definition) is 0. The Morgan fingerprint density at radius 1 is 1.82 bits per heavy atom. The van der Waals surface area contributed by atoms with Gasteiger partial charge < -0.3 is 0 Å². The molecule has 0 aliphatic rings. The lowest BCUT2D eigenvalue weighted by atomic mass is 10.9. The van der Waals surface area contributed by atoms with Gasteiger partial charge in [0, 0.05) is 7.05 Å². The Kier molecular flexibility index (Phi) is 4.64. The molecule has 6 heteroatoms. The third-order valence-corrected chi connectivity index (χ3v) is 1.79. The molecule has 0 aliphatic heterocycles. The average molecular weight is 178 g/mol. The van der Waals surface area contributed by atoms with Gasteiger partial charge in [-0.05, 0) is 6.26 Å². The Morgan fingerprint density at radius 3 is 2.64 bits per heavy atom. The molecule has 5 nitrogen and oxygen atoms in total. The highest BCUT2D eigenvalue weighted by Crippen LogP contribution is 2.14. The minimum absolute atomic E-state index is 0.456. The first-order valence-electron chi connectivity index (χ1n) is 2.79. The van der Waals surface area contributed by atoms with Crippen LogP contribution in [0.5, 0.6) is 0 Å². The summed E-state index contributed by atoms with van der Waals surface area (Å²) >= 11 is 1.25. The van der Waals surface area contributed by atoms with Gasteiger partial charge in [0.25, 0.3) is 6.20 Å². The molecule has 64 valence electrons. The van der Waals surface area contributed by atoms with Crippen molar-refractivity contribution in [1.29, 1.82) is 0 Å². The molecule has 0 fully saturated rings. The van der Waals surface area contributed by atoms with Crippen molar-refractivity contribution in [2.45, 2.75) is 0 Å². The molecule has 0 unspecified atom stereocenters. The predicted octanol–water partition coefficient (Wildman–Crippen LogP) is 0.918. The molecule has 0 aromatic heterocycles. The van der Waals surface area contributed by atoms with Crippen molar-refractivity contribution in [3.05, 3.63) is 21.3 Å². The van der Waals surface area contributed by atoms with Gasteiger partial charge in [-0.2, -0.15) is 0 Å². The summed E-state index contributed by atoms with van der Waals surface area (Å²) < 4.78 is 0. The molecule has 0 aromatic rings. The lowest BCUT2D eigenvalue weighted by molar-refractivity contribution is -0.404. The van der Waals surface area contributed by atoms with Gasteiger partial charge in [-0.1, -0.05) is 0 Å². The molecule has 0 radical (unpaired) electrons. The topological polar surface area (TPSA) is 55.6 Å². The third kappa shape index (κ3) is 3.84. The number of thioether (sulfide) groups is 1. The number of hydrogen-bond acceptors (Lipinski definition) is 5. The van der Waals surface area contributed by atoms with Crippen LogP contribution >= 0.6 is 11.8 Å². The van der Waals surface area contributed by atoms with E-state index in [1.165, 1.54) is 23.9 Å². The zero-order chi connectivity index (χ0) is 8.85. The number of nitrogens with zero attached hydrogens (tertiary/aromatic N) is 2. The van der Waals surface area contributed by atoms with E-state index in [1.807, 2.05) is 0 Å². The summed E-state index contributed by atoms with van der Waals surface area (Å²) in [5.74, 6) is 0. The lowest BCUT2D eigenvalue weighted by Gasteiger charge is -2.14. The van der Waals surface area contributed by atoms with Crippen LogP contribution in [0.25, 0.3) is 0 Å². The highest BCUT2D eigenvalue weighted by atomic mass is 32.2. The van der Waals surface area contributed by atoms with Crippen LogP contribution in [0.2, 0.25) is 0 Å². The van der Waals surface area contributed by atoms with Crippen molar-refractivity contribution in [3.63, 3.8) is 0 Å². The van der Waals surface area contributed by atoms with Crippen molar-refractivity contribution >= 4 is 11.8 Å². The molecule has 0 heterocycles. The molecule has 0 atom stereocenters. The average Bonchev–Trinajstić information content (AvgIpc) is 1.98. The van der Waals surface area contributed by atoms with Crippen molar-refractivity contribution in [2.24, 2.45) is 0 Å². The van der Waals surface area contributed by atoms with Gasteiger partial charge >= 0.3 is 0 Å². The molecule has 0 spiro atoms. The monoisotopic (exact) mass is 178 g/mol. The van der Waals surface area contributed by atoms with E-state index in [1.54, 1.807) is 13.3 Å². The zero-order valence-electron chi connectivity index (χ0n) is 6.60. The molecule has 0 aliphatic carbocycles. The lowest BCUT2D eigenvalue weighted by Crippen LogP contribution is -2.14. The van der Waals surface area contributed by atoms with Crippen LogP contribution in [-0.2, 0) is 4.84 Å². The molecular weight excluding hydrogens is 168 g/mol. The molecule has 0 rings (SSSR count). The highest BCUT2D eigenvalue weighted by molar-refractivity contribution is 8.02. The van der Waals surface area contributed by atoms with Crippen LogP contribution in [0.4, 0.5) is 0 Å². The maximum Gasteiger partial charge on any atom is 0.266 e. The van der Waals surface area contributed by atoms with E-state index in [2.05, 4.69) is 0 Å². The zero-order valence-corrected chi connectivity index (χ0v) is 7.42. The van der Waals surface area contributed by atoms with Crippen LogP contribution in [-0.4, -0.2) is 30.4 Å². The fourth-order valence-corrected chi connectivity index (χ4v) is 0.966. The minimum Gasteiger partial charge on any atom is -0.276 e. The molecule has 0 amide bonds. The maximum absolute atomic E-state index is 10.0. The molecular formula is C5H10N2O3S. The first kappa shape index (κ1) is 10.2. The van der Waals surface area contributed by atoms with Crippen molar-refractivity contribution in [2.75, 3.05) is 20.4 Å². The molecule has 0 bridgehead atoms. The van der Waals surface area contributed by atoms with Gasteiger partial charge in [0.1, 0.15) is 0 Å². The standard InChI is InChI=1S/C5H10N2O3S/c1-6(10-2)5(11-3)4-7(8)9/h4H,1-3H3. The van der Waals surface area contributed by atoms with E-state index < -0.39 is 4.92 Å². The maximum atomic E-state index is 10.0. The Morgan fingerprint density at radius 2 is 2.36 bits per heavy atom. The van der Waals surface area contributed by atoms with Crippen LogP contribution in [0, 0.1) is 10.1 Å².